The van der Waals surface area contributed by atoms with Gasteiger partial charge in [0.1, 0.15) is 17.5 Å². The van der Waals surface area contributed by atoms with Crippen molar-refractivity contribution in [3.8, 4) is 0 Å². The Morgan fingerprint density at radius 2 is 2.05 bits per heavy atom. The van der Waals surface area contributed by atoms with Gasteiger partial charge in [-0.15, -0.1) is 15.3 Å². The van der Waals surface area contributed by atoms with Gasteiger partial charge in [-0.25, -0.2) is 8.78 Å². The maximum absolute atomic E-state index is 13.6. The average Bonchev–Trinajstić information content (AvgIpc) is 2.86. The first-order valence-electron chi connectivity index (χ1n) is 6.60. The average molecular weight is 305 g/mol. The molecule has 2 heterocycles. The van der Waals surface area contributed by atoms with Gasteiger partial charge in [-0.1, -0.05) is 6.07 Å². The lowest BCUT2D eigenvalue weighted by Crippen LogP contribution is -2.15. The smallest absolute Gasteiger partial charge is 0.178 e. The van der Waals surface area contributed by atoms with E-state index in [1.807, 2.05) is 0 Å². The summed E-state index contributed by atoms with van der Waals surface area (Å²) in [7, 11) is 0. The van der Waals surface area contributed by atoms with E-state index >= 15 is 0 Å². The molecule has 0 saturated carbocycles. The number of rotatable bonds is 4. The zero-order valence-electron chi connectivity index (χ0n) is 11.7. The van der Waals surface area contributed by atoms with Gasteiger partial charge >= 0.3 is 0 Å². The number of hydrogen-bond donors (Lipinski definition) is 2. The summed E-state index contributed by atoms with van der Waals surface area (Å²) in [5, 5.41) is 24.9. The lowest BCUT2D eigenvalue weighted by atomic mass is 10.1. The topological polar surface area (TPSA) is 75.3 Å². The molecule has 22 heavy (non-hydrogen) atoms. The largest absolute Gasteiger partial charge is 0.386 e. The van der Waals surface area contributed by atoms with Crippen LogP contribution in [0.15, 0.2) is 30.3 Å². The number of halogens is 2. The number of aromatic nitrogens is 4. The minimum absolute atomic E-state index is 0.0236. The molecular weight excluding hydrogens is 292 g/mol. The van der Waals surface area contributed by atoms with Gasteiger partial charge in [-0.2, -0.15) is 4.52 Å². The fourth-order valence-corrected chi connectivity index (χ4v) is 2.07. The van der Waals surface area contributed by atoms with E-state index in [-0.39, 0.29) is 12.1 Å². The van der Waals surface area contributed by atoms with Crippen molar-refractivity contribution in [2.24, 2.45) is 0 Å². The first kappa shape index (κ1) is 14.3. The molecule has 0 bridgehead atoms. The van der Waals surface area contributed by atoms with Crippen LogP contribution in [0.2, 0.25) is 0 Å². The highest BCUT2D eigenvalue weighted by atomic mass is 19.1. The Balaban J connectivity index is 1.74. The molecule has 0 saturated heterocycles. The summed E-state index contributed by atoms with van der Waals surface area (Å²) in [5.74, 6) is -0.357. The van der Waals surface area contributed by atoms with E-state index < -0.39 is 17.7 Å². The van der Waals surface area contributed by atoms with Gasteiger partial charge < -0.3 is 10.4 Å². The predicted molar refractivity (Wildman–Crippen MR) is 75.3 cm³/mol. The SMILES string of the molecule is Cc1nnc2ccc(NCC(O)c3ccc(F)cc3F)nn12. The number of benzene rings is 1. The first-order chi connectivity index (χ1) is 10.5. The van der Waals surface area contributed by atoms with E-state index in [2.05, 4.69) is 20.6 Å². The molecule has 0 aliphatic carbocycles. The van der Waals surface area contributed by atoms with Crippen molar-refractivity contribution < 1.29 is 13.9 Å². The summed E-state index contributed by atoms with van der Waals surface area (Å²) in [5.41, 5.74) is 0.628. The molecule has 0 aliphatic rings. The first-order valence-corrected chi connectivity index (χ1v) is 6.60. The van der Waals surface area contributed by atoms with Gasteiger partial charge in [0.15, 0.2) is 11.5 Å². The molecule has 1 unspecified atom stereocenters. The van der Waals surface area contributed by atoms with Crippen LogP contribution in [0.1, 0.15) is 17.5 Å². The zero-order chi connectivity index (χ0) is 15.7. The number of hydrogen-bond acceptors (Lipinski definition) is 5. The second-order valence-corrected chi connectivity index (χ2v) is 4.80. The number of nitrogens with zero attached hydrogens (tertiary/aromatic N) is 4. The highest BCUT2D eigenvalue weighted by Gasteiger charge is 2.14. The van der Waals surface area contributed by atoms with Gasteiger partial charge in [0.2, 0.25) is 0 Å². The molecular formula is C14H13F2N5O. The molecule has 3 rings (SSSR count). The number of anilines is 1. The fraction of sp³-hybridized carbons (Fsp3) is 0.214. The van der Waals surface area contributed by atoms with E-state index in [9.17, 15) is 13.9 Å². The minimum Gasteiger partial charge on any atom is -0.386 e. The normalized spacial score (nSPS) is 12.5. The summed E-state index contributed by atoms with van der Waals surface area (Å²) < 4.78 is 28.0. The van der Waals surface area contributed by atoms with Crippen molar-refractivity contribution in [1.82, 2.24) is 19.8 Å². The number of fused-ring (bicyclic) bond motifs is 1. The Kier molecular flexibility index (Phi) is 3.68. The molecule has 114 valence electrons. The van der Waals surface area contributed by atoms with Gasteiger partial charge in [-0.05, 0) is 25.1 Å². The van der Waals surface area contributed by atoms with Crippen LogP contribution >= 0.6 is 0 Å². The van der Waals surface area contributed by atoms with Gasteiger partial charge in [0.25, 0.3) is 0 Å². The van der Waals surface area contributed by atoms with E-state index in [1.54, 1.807) is 23.6 Å². The minimum atomic E-state index is -1.12. The maximum Gasteiger partial charge on any atom is 0.178 e. The van der Waals surface area contributed by atoms with Crippen LogP contribution in [0.25, 0.3) is 5.65 Å². The van der Waals surface area contributed by atoms with Gasteiger partial charge in [0.05, 0.1) is 6.10 Å². The van der Waals surface area contributed by atoms with Crippen molar-refractivity contribution in [2.75, 3.05) is 11.9 Å². The quantitative estimate of drug-likeness (QED) is 0.769. The fourth-order valence-electron chi connectivity index (χ4n) is 2.07. The standard InChI is InChI=1S/C14H13F2N5O/c1-8-18-19-14-5-4-13(20-21(8)14)17-7-12(22)10-3-2-9(15)6-11(10)16/h2-6,12,22H,7H2,1H3,(H,17,20). The zero-order valence-corrected chi connectivity index (χ0v) is 11.7. The van der Waals surface area contributed by atoms with Crippen LogP contribution in [0.4, 0.5) is 14.6 Å². The van der Waals surface area contributed by atoms with Crippen molar-refractivity contribution in [3.63, 3.8) is 0 Å². The molecule has 0 fully saturated rings. The van der Waals surface area contributed by atoms with Crippen LogP contribution in [0.5, 0.6) is 0 Å². The van der Waals surface area contributed by atoms with E-state index in [0.29, 0.717) is 17.3 Å². The molecule has 0 aliphatic heterocycles. The molecule has 3 aromatic rings. The molecule has 8 heteroatoms. The third kappa shape index (κ3) is 2.73. The van der Waals surface area contributed by atoms with Crippen LogP contribution in [-0.2, 0) is 0 Å². The Labute approximate surface area is 124 Å². The predicted octanol–water partition coefficient (Wildman–Crippen LogP) is 1.86. The highest BCUT2D eigenvalue weighted by Crippen LogP contribution is 2.18. The van der Waals surface area contributed by atoms with Crippen LogP contribution in [-0.4, -0.2) is 31.5 Å². The number of aliphatic hydroxyl groups is 1. The second-order valence-electron chi connectivity index (χ2n) is 4.80. The molecule has 1 aromatic carbocycles. The number of aryl methyl sites for hydroxylation is 1. The third-order valence-corrected chi connectivity index (χ3v) is 3.22. The molecule has 0 amide bonds. The monoisotopic (exact) mass is 305 g/mol. The van der Waals surface area contributed by atoms with Crippen LogP contribution < -0.4 is 5.32 Å². The van der Waals surface area contributed by atoms with Crippen molar-refractivity contribution in [1.29, 1.82) is 0 Å². The summed E-state index contributed by atoms with van der Waals surface area (Å²) in [6.07, 6.45) is -1.12. The van der Waals surface area contributed by atoms with Crippen molar-refractivity contribution in [3.05, 3.63) is 53.4 Å². The molecule has 1 atom stereocenters. The van der Waals surface area contributed by atoms with E-state index in [0.717, 1.165) is 12.1 Å². The van der Waals surface area contributed by atoms with E-state index in [4.69, 9.17) is 0 Å². The Morgan fingerprint density at radius 1 is 1.23 bits per heavy atom. The lowest BCUT2D eigenvalue weighted by molar-refractivity contribution is 0.186. The van der Waals surface area contributed by atoms with E-state index in [1.165, 1.54) is 6.07 Å². The summed E-state index contributed by atoms with van der Waals surface area (Å²) in [6, 6.07) is 6.46. The van der Waals surface area contributed by atoms with Gasteiger partial charge in [-0.3, -0.25) is 0 Å². The lowest BCUT2D eigenvalue weighted by Gasteiger charge is -2.13. The molecule has 0 radical (unpaired) electrons. The summed E-state index contributed by atoms with van der Waals surface area (Å²) in [6.45, 7) is 1.79. The number of nitrogens with one attached hydrogen (secondary N) is 1. The second kappa shape index (κ2) is 5.64. The van der Waals surface area contributed by atoms with Crippen molar-refractivity contribution >= 4 is 11.5 Å². The summed E-state index contributed by atoms with van der Waals surface area (Å²) >= 11 is 0. The van der Waals surface area contributed by atoms with Crippen molar-refractivity contribution in [2.45, 2.75) is 13.0 Å². The Bertz CT molecular complexity index is 820. The Morgan fingerprint density at radius 3 is 2.82 bits per heavy atom. The Hall–Kier alpha value is -2.61. The maximum atomic E-state index is 13.6. The third-order valence-electron chi connectivity index (χ3n) is 3.22. The molecule has 0 spiro atoms. The summed E-state index contributed by atoms with van der Waals surface area (Å²) in [4.78, 5) is 0. The van der Waals surface area contributed by atoms with Crippen LogP contribution in [0.3, 0.4) is 0 Å². The number of aliphatic hydroxyl groups excluding tert-OH is 1. The molecule has 2 N–H and O–H groups in total. The molecule has 2 aromatic heterocycles. The van der Waals surface area contributed by atoms with Gasteiger partial charge in [0, 0.05) is 18.2 Å². The van der Waals surface area contributed by atoms with Crippen LogP contribution in [0, 0.1) is 18.6 Å². The highest BCUT2D eigenvalue weighted by molar-refractivity contribution is 5.44. The molecule has 6 nitrogen and oxygen atoms in total.